The highest BCUT2D eigenvalue weighted by Gasteiger charge is 2.13. The van der Waals surface area contributed by atoms with Crippen molar-refractivity contribution in [2.75, 3.05) is 0 Å². The molecule has 0 fully saturated rings. The number of hydrogen-bond acceptors (Lipinski definition) is 3. The van der Waals surface area contributed by atoms with Crippen molar-refractivity contribution in [2.24, 2.45) is 0 Å². The van der Waals surface area contributed by atoms with Crippen molar-refractivity contribution in [3.8, 4) is 0 Å². The molecule has 0 N–H and O–H groups in total. The third kappa shape index (κ3) is 2.96. The number of rotatable bonds is 1. The molecule has 0 aliphatic rings. The molecule has 0 heterocycles. The molecule has 0 saturated heterocycles. The van der Waals surface area contributed by atoms with Crippen LogP contribution in [0.15, 0.2) is 25.6 Å². The Balaban J connectivity index is 3.37. The van der Waals surface area contributed by atoms with Crippen molar-refractivity contribution >= 4 is 61.0 Å². The molecule has 0 aliphatic carbocycles. The largest absolute Gasteiger partial charge is 0.683 e. The fraction of sp³-hybridized carbons (Fsp3) is 0. The summed E-state index contributed by atoms with van der Waals surface area (Å²) >= 11 is 9.21. The Hall–Kier alpha value is 0.970. The van der Waals surface area contributed by atoms with Gasteiger partial charge < -0.3 is 14.7 Å². The molecule has 0 spiro atoms. The molecular formula is C6H2Br3O3P-2. The molecule has 7 heteroatoms. The Morgan fingerprint density at radius 3 is 2.00 bits per heavy atom. The standard InChI is InChI=1S/C6H4Br3O3P/c7-3-1-4(8)6(9)5(2-3)13(10,11)12/h1-2H,(H2,10,11,12)/p-2. The summed E-state index contributed by atoms with van der Waals surface area (Å²) in [6, 6.07) is 2.90. The smallest absolute Gasteiger partial charge is 0.0927 e. The maximum absolute atomic E-state index is 10.8. The predicted molar refractivity (Wildman–Crippen MR) is 56.1 cm³/mol. The zero-order chi connectivity index (χ0) is 10.2. The lowest BCUT2D eigenvalue weighted by atomic mass is 10.4. The second-order valence-electron chi connectivity index (χ2n) is 2.22. The highest BCUT2D eigenvalue weighted by atomic mass is 79.9. The molecule has 0 atom stereocenters. The quantitative estimate of drug-likeness (QED) is 0.514. The average Bonchev–Trinajstić information content (AvgIpc) is 1.94. The van der Waals surface area contributed by atoms with Gasteiger partial charge in [-0.15, -0.1) is 7.94 Å². The molecule has 72 valence electrons. The summed E-state index contributed by atoms with van der Waals surface area (Å²) in [6.45, 7) is 0. The van der Waals surface area contributed by atoms with Crippen molar-refractivity contribution < 1.29 is 14.7 Å². The number of halogens is 3. The minimum atomic E-state index is -4.72. The summed E-state index contributed by atoms with van der Waals surface area (Å²) in [5.74, 6) is 0. The van der Waals surface area contributed by atoms with E-state index in [1.165, 1.54) is 6.07 Å². The van der Waals surface area contributed by atoms with Gasteiger partial charge in [0.05, 0.1) is 9.78 Å². The summed E-state index contributed by atoms with van der Waals surface area (Å²) in [4.78, 5) is 32.3. The first-order valence-corrected chi connectivity index (χ1v) is 6.91. The van der Waals surface area contributed by atoms with Crippen LogP contribution in [0.5, 0.6) is 0 Å². The molecule has 1 rings (SSSR count). The SMILES string of the molecule is [O-][P+]([O-])([O-])c1cc(Br)cc(Br)c1Br. The van der Waals surface area contributed by atoms with Crippen molar-refractivity contribution in [3.63, 3.8) is 0 Å². The maximum Gasteiger partial charge on any atom is 0.0927 e. The molecule has 0 aromatic heterocycles. The third-order valence-electron chi connectivity index (χ3n) is 1.27. The fourth-order valence-corrected chi connectivity index (χ4v) is 3.84. The maximum atomic E-state index is 10.8. The van der Waals surface area contributed by atoms with Crippen LogP contribution < -0.4 is 20.0 Å². The van der Waals surface area contributed by atoms with Gasteiger partial charge in [0, 0.05) is 8.95 Å². The van der Waals surface area contributed by atoms with Crippen molar-refractivity contribution in [2.45, 2.75) is 0 Å². The normalized spacial score (nSPS) is 11.8. The summed E-state index contributed by atoms with van der Waals surface area (Å²) < 4.78 is 1.30. The van der Waals surface area contributed by atoms with Crippen molar-refractivity contribution in [1.82, 2.24) is 0 Å². The van der Waals surface area contributed by atoms with Crippen LogP contribution in [0.25, 0.3) is 0 Å². The van der Waals surface area contributed by atoms with Crippen molar-refractivity contribution in [1.29, 1.82) is 0 Å². The van der Waals surface area contributed by atoms with Crippen molar-refractivity contribution in [3.05, 3.63) is 25.6 Å². The Morgan fingerprint density at radius 1 is 1.00 bits per heavy atom. The zero-order valence-corrected chi connectivity index (χ0v) is 11.6. The summed E-state index contributed by atoms with van der Waals surface area (Å²) in [7, 11) is -4.72. The van der Waals surface area contributed by atoms with E-state index in [9.17, 15) is 14.7 Å². The first-order chi connectivity index (χ1) is 5.82. The Labute approximate surface area is 101 Å². The van der Waals surface area contributed by atoms with E-state index in [0.29, 0.717) is 8.95 Å². The molecule has 0 amide bonds. The highest BCUT2D eigenvalue weighted by Crippen LogP contribution is 2.36. The second kappa shape index (κ2) is 4.23. The van der Waals surface area contributed by atoms with E-state index in [2.05, 4.69) is 47.8 Å². The van der Waals surface area contributed by atoms with Gasteiger partial charge in [-0.05, 0) is 44.0 Å². The molecule has 1 aromatic rings. The topological polar surface area (TPSA) is 69.2 Å². The van der Waals surface area contributed by atoms with E-state index in [1.54, 1.807) is 6.07 Å². The van der Waals surface area contributed by atoms with Gasteiger partial charge in [0.1, 0.15) is 0 Å². The van der Waals surface area contributed by atoms with Gasteiger partial charge in [0.25, 0.3) is 0 Å². The lowest BCUT2D eigenvalue weighted by molar-refractivity contribution is -0.421. The van der Waals surface area contributed by atoms with Crippen LogP contribution in [0.4, 0.5) is 0 Å². The average molecular weight is 393 g/mol. The van der Waals surface area contributed by atoms with E-state index in [1.807, 2.05) is 0 Å². The molecule has 0 unspecified atom stereocenters. The molecule has 13 heavy (non-hydrogen) atoms. The van der Waals surface area contributed by atoms with Crippen LogP contribution in [0.2, 0.25) is 0 Å². The Kier molecular flexibility index (Phi) is 3.91. The molecule has 1 aromatic carbocycles. The van der Waals surface area contributed by atoms with Gasteiger partial charge in [-0.25, -0.2) is 0 Å². The lowest BCUT2D eigenvalue weighted by Gasteiger charge is -2.42. The molecule has 0 saturated carbocycles. The van der Waals surface area contributed by atoms with Gasteiger partial charge >= 0.3 is 0 Å². The Morgan fingerprint density at radius 2 is 1.54 bits per heavy atom. The molecule has 0 bridgehead atoms. The minimum absolute atomic E-state index is 0.254. The number of benzene rings is 1. The first kappa shape index (κ1) is 12.0. The highest BCUT2D eigenvalue weighted by molar-refractivity contribution is 9.13. The first-order valence-electron chi connectivity index (χ1n) is 2.99. The van der Waals surface area contributed by atoms with Crippen LogP contribution in [0.3, 0.4) is 0 Å². The predicted octanol–water partition coefficient (Wildman–Crippen LogP) is 0.443. The minimum Gasteiger partial charge on any atom is -0.683 e. The van der Waals surface area contributed by atoms with Gasteiger partial charge in [0.2, 0.25) is 0 Å². The lowest BCUT2D eigenvalue weighted by Crippen LogP contribution is -2.41. The zero-order valence-electron chi connectivity index (χ0n) is 5.96. The van der Waals surface area contributed by atoms with Gasteiger partial charge in [-0.3, -0.25) is 0 Å². The van der Waals surface area contributed by atoms with Gasteiger partial charge in [-0.2, -0.15) is 0 Å². The number of hydrogen-bond donors (Lipinski definition) is 0. The Bertz CT molecular complexity index is 337. The van der Waals surface area contributed by atoms with Crippen LogP contribution in [-0.4, -0.2) is 0 Å². The van der Waals surface area contributed by atoms with E-state index >= 15 is 0 Å². The second-order valence-corrected chi connectivity index (χ2v) is 6.26. The van der Waals surface area contributed by atoms with E-state index < -0.39 is 7.94 Å². The summed E-state index contributed by atoms with van der Waals surface area (Å²) in [6.07, 6.45) is 0. The van der Waals surface area contributed by atoms with Crippen LogP contribution in [-0.2, 0) is 0 Å². The molecular weight excluding hydrogens is 391 g/mol. The fourth-order valence-electron chi connectivity index (χ4n) is 0.742. The molecule has 3 nitrogen and oxygen atoms in total. The van der Waals surface area contributed by atoms with E-state index in [4.69, 9.17) is 0 Å². The van der Waals surface area contributed by atoms with Crippen LogP contribution in [0, 0.1) is 0 Å². The summed E-state index contributed by atoms with van der Waals surface area (Å²) in [5.41, 5.74) is 0. The molecule has 0 aliphatic heterocycles. The molecule has 0 radical (unpaired) electrons. The van der Waals surface area contributed by atoms with Crippen LogP contribution >= 0.6 is 55.7 Å². The van der Waals surface area contributed by atoms with Gasteiger partial charge in [-0.1, -0.05) is 15.9 Å². The third-order valence-corrected chi connectivity index (χ3v) is 4.99. The van der Waals surface area contributed by atoms with Crippen LogP contribution in [0.1, 0.15) is 0 Å². The van der Waals surface area contributed by atoms with Gasteiger partial charge in [0.15, 0.2) is 0 Å². The monoisotopic (exact) mass is 390 g/mol. The van der Waals surface area contributed by atoms with E-state index in [-0.39, 0.29) is 9.78 Å². The van der Waals surface area contributed by atoms with E-state index in [0.717, 1.165) is 0 Å². The summed E-state index contributed by atoms with van der Waals surface area (Å²) in [5, 5.41) is -0.256.